The molecule has 0 saturated heterocycles. The van der Waals surface area contributed by atoms with Crippen molar-refractivity contribution in [3.8, 4) is 45.2 Å². The summed E-state index contributed by atoms with van der Waals surface area (Å²) in [5, 5.41) is 7.82. The van der Waals surface area contributed by atoms with Gasteiger partial charge in [0.05, 0.1) is 11.0 Å². The number of ether oxygens (including phenoxy) is 1. The topological polar surface area (TPSA) is 23.4 Å². The maximum absolute atomic E-state index is 7.05. The molecule has 0 atom stereocenters. The van der Waals surface area contributed by atoms with Gasteiger partial charge in [0.1, 0.15) is 17.2 Å². The van der Waals surface area contributed by atoms with Gasteiger partial charge in [-0.3, -0.25) is 0 Å². The van der Waals surface area contributed by atoms with Crippen molar-refractivity contribution < 1.29 is 9.39 Å². The molecule has 9 aromatic carbocycles. The minimum absolute atomic E-state index is 0.345. The van der Waals surface area contributed by atoms with E-state index in [1.165, 1.54) is 48.1 Å². The van der Waals surface area contributed by atoms with Gasteiger partial charge in [-0.25, -0.2) is 0 Å². The van der Waals surface area contributed by atoms with Crippen molar-refractivity contribution in [1.82, 2.24) is 4.57 Å². The first-order valence-electron chi connectivity index (χ1n) is 20.3. The first kappa shape index (κ1) is 33.8. The highest BCUT2D eigenvalue weighted by atomic mass is 28.3. The third-order valence-electron chi connectivity index (χ3n) is 12.4. The summed E-state index contributed by atoms with van der Waals surface area (Å²) in [5.74, 6) is 2.51. The minimum Gasteiger partial charge on any atom is -0.551 e. The van der Waals surface area contributed by atoms with E-state index in [0.717, 1.165) is 50.6 Å². The van der Waals surface area contributed by atoms with Gasteiger partial charge in [0.25, 0.3) is 0 Å². The quantitative estimate of drug-likeness (QED) is 0.125. The van der Waals surface area contributed by atoms with Gasteiger partial charge in [-0.05, 0) is 86.0 Å². The van der Waals surface area contributed by atoms with Crippen LogP contribution in [0.15, 0.2) is 218 Å². The fraction of sp³-hybridized carbons (Fsp3) is 0. The normalized spacial score (nSPS) is 12.6. The lowest BCUT2D eigenvalue weighted by Crippen LogP contribution is -2.75. The van der Waals surface area contributed by atoms with Gasteiger partial charge in [-0.1, -0.05) is 170 Å². The van der Waals surface area contributed by atoms with E-state index in [9.17, 15) is 0 Å². The third kappa shape index (κ3) is 5.08. The molecule has 10 aromatic rings. The number of nitrogens with zero attached hydrogens (tertiary/aromatic N) is 1. The summed E-state index contributed by atoms with van der Waals surface area (Å²) < 4.78 is 16.4. The highest BCUT2D eigenvalue weighted by molar-refractivity contribution is 7.20. The van der Waals surface area contributed by atoms with Crippen molar-refractivity contribution in [2.24, 2.45) is 0 Å². The van der Waals surface area contributed by atoms with Gasteiger partial charge in [0.15, 0.2) is 8.07 Å². The monoisotopic (exact) mass is 769 g/mol. The molecule has 0 radical (unpaired) electrons. The van der Waals surface area contributed by atoms with Crippen LogP contribution in [0.25, 0.3) is 49.7 Å². The van der Waals surface area contributed by atoms with E-state index in [0.29, 0.717) is 0 Å². The molecule has 59 heavy (non-hydrogen) atoms. The van der Waals surface area contributed by atoms with Crippen LogP contribution in [0.4, 0.5) is 0 Å². The first-order valence-corrected chi connectivity index (χ1v) is 22.3. The zero-order valence-corrected chi connectivity index (χ0v) is 33.1. The van der Waals surface area contributed by atoms with E-state index in [1.807, 2.05) is 0 Å². The molecule has 0 bridgehead atoms. The molecule has 276 valence electrons. The Morgan fingerprint density at radius 1 is 0.407 bits per heavy atom. The van der Waals surface area contributed by atoms with Crippen LogP contribution in [0.2, 0.25) is 0 Å². The Hall–Kier alpha value is -7.34. The number of hydrogen-bond donors (Lipinski definition) is 0. The van der Waals surface area contributed by atoms with Crippen molar-refractivity contribution in [2.45, 2.75) is 0 Å². The molecule has 0 fully saturated rings. The average molecular weight is 770 g/mol. The molecule has 2 aliphatic heterocycles. The lowest BCUT2D eigenvalue weighted by Gasteiger charge is -2.36. The van der Waals surface area contributed by atoms with E-state index in [1.54, 1.807) is 0 Å². The predicted octanol–water partition coefficient (Wildman–Crippen LogP) is 9.10. The second-order valence-electron chi connectivity index (χ2n) is 15.5. The Balaban J connectivity index is 1.08. The number of aromatic nitrogens is 1. The molecular formula is C54H36BNO2Si. The van der Waals surface area contributed by atoms with Crippen LogP contribution in [0.3, 0.4) is 0 Å². The third-order valence-corrected chi connectivity index (χ3v) is 17.3. The summed E-state index contributed by atoms with van der Waals surface area (Å²) in [6.07, 6.45) is 0. The summed E-state index contributed by atoms with van der Waals surface area (Å²) in [4.78, 5) is 0. The fourth-order valence-electron chi connectivity index (χ4n) is 9.94. The molecule has 3 heterocycles. The number of benzene rings is 9. The van der Waals surface area contributed by atoms with Crippen molar-refractivity contribution >= 4 is 68.5 Å². The van der Waals surface area contributed by atoms with Crippen molar-refractivity contribution in [1.29, 1.82) is 0 Å². The second-order valence-corrected chi connectivity index (χ2v) is 19.3. The lowest BCUT2D eigenvalue weighted by atomic mass is 9.50. The van der Waals surface area contributed by atoms with E-state index < -0.39 is 8.07 Å². The van der Waals surface area contributed by atoms with Gasteiger partial charge >= 0.3 is 6.92 Å². The molecule has 0 aliphatic carbocycles. The summed E-state index contributed by atoms with van der Waals surface area (Å²) in [6, 6.07) is 79.4. The second kappa shape index (κ2) is 13.4. The van der Waals surface area contributed by atoms with Gasteiger partial charge < -0.3 is 14.0 Å². The van der Waals surface area contributed by atoms with Gasteiger partial charge in [0, 0.05) is 32.9 Å². The highest BCUT2D eigenvalue weighted by Crippen LogP contribution is 2.42. The maximum atomic E-state index is 7.05. The Kier molecular flexibility index (Phi) is 7.65. The molecule has 5 heteroatoms. The van der Waals surface area contributed by atoms with E-state index in [2.05, 4.69) is 223 Å². The minimum atomic E-state index is -2.86. The molecule has 0 amide bonds. The number of para-hydroxylation sites is 3. The Bertz CT molecular complexity index is 3090. The SMILES string of the molecule is c1ccc([Si](c2ccccc2)(c2ccccc2)c2ccccc2-c2cc3c4c(c2)-c2ccccc2OB4c2cc(-n4c5ccccc5c5ccccc54)ccc2O3)cc1. The number of fused-ring (bicyclic) bond motifs is 7. The zero-order valence-electron chi connectivity index (χ0n) is 32.1. The van der Waals surface area contributed by atoms with E-state index in [-0.39, 0.29) is 6.92 Å². The molecule has 2 aliphatic rings. The lowest BCUT2D eigenvalue weighted by molar-refractivity contribution is 0.479. The van der Waals surface area contributed by atoms with Crippen LogP contribution in [0.1, 0.15) is 0 Å². The summed E-state index contributed by atoms with van der Waals surface area (Å²) in [5.41, 5.74) is 10.0. The standard InChI is InChI=1S/C54H36BNO2Si/c1-4-18-39(19-5-1)59(40-20-6-2-7-21-40,41-22-8-3-9-23-41)53-31-17-13-24-42(53)37-34-46-45-27-12-16-30-50(45)58-55-47-36-38(32-33-51(47)57-52(35-37)54(46)55)56-48-28-14-10-25-43(48)44-26-11-15-29-49(44)56/h1-36H. The number of hydrogen-bond acceptors (Lipinski definition) is 2. The van der Waals surface area contributed by atoms with Gasteiger partial charge in [-0.2, -0.15) is 0 Å². The molecule has 12 rings (SSSR count). The molecule has 0 unspecified atom stereocenters. The maximum Gasteiger partial charge on any atom is 0.434 e. The summed E-state index contributed by atoms with van der Waals surface area (Å²) in [6.45, 7) is -0.345. The average Bonchev–Trinajstić information content (AvgIpc) is 3.65. The van der Waals surface area contributed by atoms with E-state index in [4.69, 9.17) is 9.39 Å². The Labute approximate surface area is 344 Å². The van der Waals surface area contributed by atoms with Crippen LogP contribution >= 0.6 is 0 Å². The van der Waals surface area contributed by atoms with Crippen molar-refractivity contribution in [3.05, 3.63) is 218 Å². The van der Waals surface area contributed by atoms with Gasteiger partial charge in [-0.15, -0.1) is 0 Å². The van der Waals surface area contributed by atoms with Crippen LogP contribution in [-0.4, -0.2) is 19.6 Å². The predicted molar refractivity (Wildman–Crippen MR) is 247 cm³/mol. The first-order chi connectivity index (χ1) is 29.3. The number of rotatable bonds is 6. The van der Waals surface area contributed by atoms with Crippen LogP contribution in [0, 0.1) is 0 Å². The van der Waals surface area contributed by atoms with Gasteiger partial charge in [0.2, 0.25) is 0 Å². The van der Waals surface area contributed by atoms with Crippen LogP contribution in [-0.2, 0) is 0 Å². The zero-order chi connectivity index (χ0) is 38.9. The fourth-order valence-corrected chi connectivity index (χ4v) is 14.9. The van der Waals surface area contributed by atoms with Crippen molar-refractivity contribution in [2.75, 3.05) is 0 Å². The van der Waals surface area contributed by atoms with Crippen LogP contribution < -0.4 is 41.1 Å². The Morgan fingerprint density at radius 3 is 1.59 bits per heavy atom. The smallest absolute Gasteiger partial charge is 0.434 e. The molecule has 0 saturated carbocycles. The molecule has 3 nitrogen and oxygen atoms in total. The highest BCUT2D eigenvalue weighted by Gasteiger charge is 2.44. The molecule has 1 aromatic heterocycles. The van der Waals surface area contributed by atoms with E-state index >= 15 is 0 Å². The largest absolute Gasteiger partial charge is 0.551 e. The molecule has 0 spiro atoms. The van der Waals surface area contributed by atoms with Crippen LogP contribution in [0.5, 0.6) is 17.2 Å². The Morgan fingerprint density at radius 2 is 0.949 bits per heavy atom. The summed E-state index contributed by atoms with van der Waals surface area (Å²) >= 11 is 0. The van der Waals surface area contributed by atoms with Crippen molar-refractivity contribution in [3.63, 3.8) is 0 Å². The molecular weight excluding hydrogens is 733 g/mol. The summed E-state index contributed by atoms with van der Waals surface area (Å²) in [7, 11) is -2.86. The molecule has 0 N–H and O–H groups in total.